The lowest BCUT2D eigenvalue weighted by atomic mass is 10.2. The molecule has 20 heavy (non-hydrogen) atoms. The van der Waals surface area contributed by atoms with Crippen LogP contribution in [-0.2, 0) is 17.8 Å². The van der Waals surface area contributed by atoms with Crippen molar-refractivity contribution in [1.82, 2.24) is 20.1 Å². The number of likely N-dealkylation sites (tertiary alicyclic amines) is 1. The maximum Gasteiger partial charge on any atom is 0.318 e. The van der Waals surface area contributed by atoms with Crippen LogP contribution < -0.4 is 5.32 Å². The summed E-state index contributed by atoms with van der Waals surface area (Å²) < 4.78 is 0. The van der Waals surface area contributed by atoms with Crippen LogP contribution in [0.1, 0.15) is 23.2 Å². The number of nitrogens with zero attached hydrogens (tertiary/aromatic N) is 3. The number of likely N-dealkylation sites (N-methyl/N-ethyl adjacent to an activating group) is 1. The minimum absolute atomic E-state index is 0.0192. The van der Waals surface area contributed by atoms with Gasteiger partial charge in [-0.2, -0.15) is 0 Å². The second kappa shape index (κ2) is 6.21. The molecule has 0 bridgehead atoms. The second-order valence-electron chi connectivity index (χ2n) is 4.98. The number of hydrogen-bond acceptors (Lipinski definition) is 4. The molecule has 1 N–H and O–H groups in total. The van der Waals surface area contributed by atoms with E-state index in [1.54, 1.807) is 35.2 Å². The van der Waals surface area contributed by atoms with Gasteiger partial charge in [0.25, 0.3) is 0 Å². The van der Waals surface area contributed by atoms with Crippen LogP contribution in [0.3, 0.4) is 0 Å². The van der Waals surface area contributed by atoms with Crippen LogP contribution in [0, 0.1) is 0 Å². The highest BCUT2D eigenvalue weighted by molar-refractivity contribution is 7.11. The largest absolute Gasteiger partial charge is 0.344 e. The van der Waals surface area contributed by atoms with Crippen LogP contribution in [0.15, 0.2) is 6.20 Å². The number of nitrogens with one attached hydrogen (secondary N) is 1. The molecule has 6 nitrogen and oxygen atoms in total. The predicted octanol–water partition coefficient (Wildman–Crippen LogP) is 1.08. The van der Waals surface area contributed by atoms with Crippen LogP contribution in [-0.4, -0.2) is 53.4 Å². The van der Waals surface area contributed by atoms with Crippen molar-refractivity contribution in [2.75, 3.05) is 20.6 Å². The average Bonchev–Trinajstić information content (AvgIpc) is 3.00. The van der Waals surface area contributed by atoms with Gasteiger partial charge in [0.1, 0.15) is 11.0 Å². The highest BCUT2D eigenvalue weighted by Gasteiger charge is 2.30. The Morgan fingerprint density at radius 1 is 1.65 bits per heavy atom. The summed E-state index contributed by atoms with van der Waals surface area (Å²) in [6, 6.07) is -0.621. The Balaban J connectivity index is 1.87. The summed E-state index contributed by atoms with van der Waals surface area (Å²) in [6.45, 7) is 3.24. The number of amides is 3. The van der Waals surface area contributed by atoms with E-state index in [1.807, 2.05) is 6.20 Å². The Morgan fingerprint density at radius 3 is 2.95 bits per heavy atom. The molecule has 0 saturated carbocycles. The number of aromatic nitrogens is 1. The van der Waals surface area contributed by atoms with Gasteiger partial charge in [-0.25, -0.2) is 9.78 Å². The molecule has 1 aromatic rings. The zero-order valence-electron chi connectivity index (χ0n) is 12.0. The van der Waals surface area contributed by atoms with E-state index in [0.29, 0.717) is 19.5 Å². The molecule has 0 unspecified atom stereocenters. The van der Waals surface area contributed by atoms with E-state index in [2.05, 4.69) is 17.2 Å². The summed E-state index contributed by atoms with van der Waals surface area (Å²) >= 11 is 1.61. The molecule has 0 radical (unpaired) electrons. The Kier molecular flexibility index (Phi) is 4.59. The SMILES string of the molecule is CCc1cnc(CN(C)C(=O)N[C@H]2CCN(C)C2=O)s1. The van der Waals surface area contributed by atoms with Gasteiger partial charge in [-0.1, -0.05) is 6.92 Å². The number of thiazole rings is 1. The maximum absolute atomic E-state index is 12.1. The molecular weight excluding hydrogens is 276 g/mol. The van der Waals surface area contributed by atoms with Gasteiger partial charge in [0.2, 0.25) is 5.91 Å². The van der Waals surface area contributed by atoms with Gasteiger partial charge in [0.05, 0.1) is 6.54 Å². The topological polar surface area (TPSA) is 65.5 Å². The molecular formula is C13H20N4O2S. The zero-order valence-corrected chi connectivity index (χ0v) is 12.9. The molecule has 0 aromatic carbocycles. The van der Waals surface area contributed by atoms with E-state index < -0.39 is 6.04 Å². The van der Waals surface area contributed by atoms with E-state index in [9.17, 15) is 9.59 Å². The van der Waals surface area contributed by atoms with E-state index in [0.717, 1.165) is 11.4 Å². The summed E-state index contributed by atoms with van der Waals surface area (Å²) in [7, 11) is 3.46. The molecule has 2 rings (SSSR count). The maximum atomic E-state index is 12.1. The summed E-state index contributed by atoms with van der Waals surface area (Å²) in [5.41, 5.74) is 0. The van der Waals surface area contributed by atoms with Crippen molar-refractivity contribution < 1.29 is 9.59 Å². The van der Waals surface area contributed by atoms with Crippen molar-refractivity contribution in [1.29, 1.82) is 0 Å². The molecule has 1 aromatic heterocycles. The van der Waals surface area contributed by atoms with E-state index in [4.69, 9.17) is 0 Å². The predicted molar refractivity (Wildman–Crippen MR) is 77.5 cm³/mol. The monoisotopic (exact) mass is 296 g/mol. The highest BCUT2D eigenvalue weighted by Crippen LogP contribution is 2.15. The molecule has 1 saturated heterocycles. The second-order valence-corrected chi connectivity index (χ2v) is 6.18. The van der Waals surface area contributed by atoms with Gasteiger partial charge < -0.3 is 15.1 Å². The fourth-order valence-electron chi connectivity index (χ4n) is 2.07. The molecule has 1 atom stereocenters. The van der Waals surface area contributed by atoms with Crippen molar-refractivity contribution in [2.45, 2.75) is 32.4 Å². The average molecular weight is 296 g/mol. The Hall–Kier alpha value is -1.63. The minimum atomic E-state index is -0.391. The number of rotatable bonds is 4. The van der Waals surface area contributed by atoms with Crippen LogP contribution in [0.25, 0.3) is 0 Å². The summed E-state index contributed by atoms with van der Waals surface area (Å²) in [4.78, 5) is 32.5. The molecule has 1 aliphatic heterocycles. The van der Waals surface area contributed by atoms with E-state index in [-0.39, 0.29) is 11.9 Å². The van der Waals surface area contributed by atoms with Gasteiger partial charge in [-0.15, -0.1) is 11.3 Å². The lowest BCUT2D eigenvalue weighted by Crippen LogP contribution is -2.46. The molecule has 110 valence electrons. The lowest BCUT2D eigenvalue weighted by Gasteiger charge is -2.19. The van der Waals surface area contributed by atoms with Gasteiger partial charge in [-0.3, -0.25) is 4.79 Å². The fraction of sp³-hybridized carbons (Fsp3) is 0.615. The number of aryl methyl sites for hydroxylation is 1. The first-order chi connectivity index (χ1) is 9.51. The van der Waals surface area contributed by atoms with E-state index >= 15 is 0 Å². The van der Waals surface area contributed by atoms with Crippen LogP contribution in [0.5, 0.6) is 0 Å². The van der Waals surface area contributed by atoms with Crippen molar-refractivity contribution in [3.8, 4) is 0 Å². The third-order valence-corrected chi connectivity index (χ3v) is 4.52. The highest BCUT2D eigenvalue weighted by atomic mass is 32.1. The smallest absolute Gasteiger partial charge is 0.318 e. The first kappa shape index (κ1) is 14.8. The molecule has 7 heteroatoms. The molecule has 3 amide bonds. The number of hydrogen-bond donors (Lipinski definition) is 1. The van der Waals surface area contributed by atoms with Crippen LogP contribution in [0.4, 0.5) is 4.79 Å². The Labute approximate surface area is 122 Å². The van der Waals surface area contributed by atoms with Gasteiger partial charge in [-0.05, 0) is 12.8 Å². The lowest BCUT2D eigenvalue weighted by molar-refractivity contribution is -0.128. The van der Waals surface area contributed by atoms with Gasteiger partial charge in [0, 0.05) is 31.7 Å². The first-order valence-corrected chi connectivity index (χ1v) is 7.53. The molecule has 0 spiro atoms. The standard InChI is InChI=1S/C13H20N4O2S/c1-4-9-7-14-11(20-9)8-17(3)13(19)15-10-5-6-16(2)12(10)18/h7,10H,4-6,8H2,1-3H3,(H,15,19)/t10-/m0/s1. The molecule has 1 aliphatic rings. The Morgan fingerprint density at radius 2 is 2.40 bits per heavy atom. The normalized spacial score (nSPS) is 18.4. The van der Waals surface area contributed by atoms with Crippen molar-refractivity contribution in [2.24, 2.45) is 0 Å². The van der Waals surface area contributed by atoms with Gasteiger partial charge >= 0.3 is 6.03 Å². The zero-order chi connectivity index (χ0) is 14.7. The number of carbonyl (C=O) groups is 2. The molecule has 1 fully saturated rings. The van der Waals surface area contributed by atoms with E-state index in [1.165, 1.54) is 4.88 Å². The van der Waals surface area contributed by atoms with Crippen molar-refractivity contribution in [3.05, 3.63) is 16.1 Å². The molecule has 2 heterocycles. The van der Waals surface area contributed by atoms with Crippen molar-refractivity contribution in [3.63, 3.8) is 0 Å². The molecule has 0 aliphatic carbocycles. The van der Waals surface area contributed by atoms with Crippen LogP contribution in [0.2, 0.25) is 0 Å². The quantitative estimate of drug-likeness (QED) is 0.904. The van der Waals surface area contributed by atoms with Crippen molar-refractivity contribution >= 4 is 23.3 Å². The fourth-order valence-corrected chi connectivity index (χ4v) is 2.99. The summed E-state index contributed by atoms with van der Waals surface area (Å²) in [5.74, 6) is -0.0192. The number of carbonyl (C=O) groups excluding carboxylic acids is 2. The number of urea groups is 1. The summed E-state index contributed by atoms with van der Waals surface area (Å²) in [6.07, 6.45) is 3.48. The summed E-state index contributed by atoms with van der Waals surface area (Å²) in [5, 5.41) is 3.68. The third-order valence-electron chi connectivity index (χ3n) is 3.39. The van der Waals surface area contributed by atoms with Gasteiger partial charge in [0.15, 0.2) is 0 Å². The first-order valence-electron chi connectivity index (χ1n) is 6.71. The third kappa shape index (κ3) is 3.27. The van der Waals surface area contributed by atoms with Crippen LogP contribution >= 0.6 is 11.3 Å². The Bertz CT molecular complexity index is 502. The minimum Gasteiger partial charge on any atom is -0.344 e.